The number of carbonyl (C=O) groups is 2. The molecule has 2 aromatic rings. The molecule has 0 fully saturated rings. The van der Waals surface area contributed by atoms with E-state index in [1.54, 1.807) is 24.3 Å². The van der Waals surface area contributed by atoms with E-state index in [0.717, 1.165) is 12.1 Å². The topological polar surface area (TPSA) is 174 Å². The summed E-state index contributed by atoms with van der Waals surface area (Å²) in [5.41, 5.74) is 3.13. The monoisotopic (exact) mass is 439 g/mol. The van der Waals surface area contributed by atoms with Crippen LogP contribution in [0.1, 0.15) is 10.4 Å². The molecule has 1 amide bonds. The van der Waals surface area contributed by atoms with Crippen molar-refractivity contribution in [1.82, 2.24) is 0 Å². The third-order valence-corrected chi connectivity index (χ3v) is 3.75. The van der Waals surface area contributed by atoms with Crippen molar-refractivity contribution in [2.24, 2.45) is 5.73 Å². The van der Waals surface area contributed by atoms with E-state index in [2.05, 4.69) is 4.74 Å². The summed E-state index contributed by atoms with van der Waals surface area (Å²) >= 11 is 5.77. The molecule has 0 bridgehead atoms. The van der Waals surface area contributed by atoms with Crippen molar-refractivity contribution < 1.29 is 33.6 Å². The number of nitrogens with two attached hydrogens (primary N) is 1. The Morgan fingerprint density at radius 3 is 2.07 bits per heavy atom. The lowest BCUT2D eigenvalue weighted by molar-refractivity contribution is -0.394. The lowest BCUT2D eigenvalue weighted by atomic mass is 10.1. The predicted molar refractivity (Wildman–Crippen MR) is 101 cm³/mol. The van der Waals surface area contributed by atoms with E-state index in [4.69, 9.17) is 26.8 Å². The molecule has 0 aliphatic carbocycles. The van der Waals surface area contributed by atoms with Crippen molar-refractivity contribution in [2.45, 2.75) is 6.10 Å². The Hall–Kier alpha value is -3.93. The van der Waals surface area contributed by atoms with E-state index in [0.29, 0.717) is 16.8 Å². The summed E-state index contributed by atoms with van der Waals surface area (Å²) in [4.78, 5) is 43.4. The number of hydrogen-bond donors (Lipinski definition) is 1. The average molecular weight is 440 g/mol. The first-order valence-electron chi connectivity index (χ1n) is 8.11. The summed E-state index contributed by atoms with van der Waals surface area (Å²) in [5, 5.41) is 22.4. The molecular formula is C17H14ClN3O9. The Morgan fingerprint density at radius 1 is 1.00 bits per heavy atom. The Bertz CT molecular complexity index is 933. The highest BCUT2D eigenvalue weighted by Crippen LogP contribution is 2.23. The molecule has 0 spiro atoms. The van der Waals surface area contributed by atoms with Gasteiger partial charge < -0.3 is 19.9 Å². The number of hydrogen-bond acceptors (Lipinski definition) is 9. The normalized spacial score (nSPS) is 11.2. The van der Waals surface area contributed by atoms with Crippen molar-refractivity contribution in [1.29, 1.82) is 0 Å². The zero-order chi connectivity index (χ0) is 22.3. The second kappa shape index (κ2) is 10.0. The Balaban J connectivity index is 2.17. The van der Waals surface area contributed by atoms with E-state index in [-0.39, 0.29) is 6.61 Å². The van der Waals surface area contributed by atoms with Gasteiger partial charge in [0.05, 0.1) is 21.5 Å². The first-order chi connectivity index (χ1) is 14.2. The number of rotatable bonds is 9. The number of carbonyl (C=O) groups excluding carboxylic acids is 2. The molecular weight excluding hydrogens is 426 g/mol. The van der Waals surface area contributed by atoms with Gasteiger partial charge in [-0.25, -0.2) is 9.59 Å². The highest BCUT2D eigenvalue weighted by molar-refractivity contribution is 6.30. The summed E-state index contributed by atoms with van der Waals surface area (Å²) in [6, 6.07) is 8.54. The number of nitrogens with zero attached hydrogens (tertiary/aromatic N) is 2. The molecule has 2 rings (SSSR count). The SMILES string of the molecule is NC(=O)OC[C@@H](COc1ccc(Cl)cc1)OC(=O)c1cc([N+](=O)[O-])cc([N+](=O)[O-])c1. The van der Waals surface area contributed by atoms with Crippen molar-refractivity contribution >= 4 is 35.0 Å². The second-order valence-corrected chi connectivity index (χ2v) is 6.11. The number of benzene rings is 2. The van der Waals surface area contributed by atoms with Gasteiger partial charge in [0.2, 0.25) is 0 Å². The number of non-ortho nitro benzene ring substituents is 2. The van der Waals surface area contributed by atoms with Gasteiger partial charge in [-0.2, -0.15) is 0 Å². The van der Waals surface area contributed by atoms with E-state index in [1.807, 2.05) is 0 Å². The van der Waals surface area contributed by atoms with Crippen LogP contribution in [0.15, 0.2) is 42.5 Å². The van der Waals surface area contributed by atoms with Gasteiger partial charge in [-0.3, -0.25) is 20.2 Å². The lowest BCUT2D eigenvalue weighted by Gasteiger charge is -2.18. The van der Waals surface area contributed by atoms with Crippen LogP contribution in [0.2, 0.25) is 5.02 Å². The van der Waals surface area contributed by atoms with E-state index in [9.17, 15) is 29.8 Å². The number of nitro benzene ring substituents is 2. The quantitative estimate of drug-likeness (QED) is 0.349. The molecule has 12 nitrogen and oxygen atoms in total. The molecule has 2 N–H and O–H groups in total. The summed E-state index contributed by atoms with van der Waals surface area (Å²) < 4.78 is 15.2. The van der Waals surface area contributed by atoms with Gasteiger partial charge in [0.15, 0.2) is 6.10 Å². The number of amides is 1. The smallest absolute Gasteiger partial charge is 0.404 e. The summed E-state index contributed by atoms with van der Waals surface area (Å²) in [7, 11) is 0. The maximum Gasteiger partial charge on any atom is 0.404 e. The van der Waals surface area contributed by atoms with E-state index in [1.165, 1.54) is 0 Å². The van der Waals surface area contributed by atoms with Crippen LogP contribution in [0, 0.1) is 20.2 Å². The molecule has 0 aliphatic rings. The van der Waals surface area contributed by atoms with Gasteiger partial charge in [-0.05, 0) is 24.3 Å². The largest absolute Gasteiger partial charge is 0.490 e. The highest BCUT2D eigenvalue weighted by atomic mass is 35.5. The molecule has 2 aromatic carbocycles. The first kappa shape index (κ1) is 22.4. The van der Waals surface area contributed by atoms with Gasteiger partial charge in [0.25, 0.3) is 11.4 Å². The maximum atomic E-state index is 12.4. The molecule has 0 saturated carbocycles. The van der Waals surface area contributed by atoms with Crippen LogP contribution in [0.25, 0.3) is 0 Å². The van der Waals surface area contributed by atoms with Gasteiger partial charge in [-0.1, -0.05) is 11.6 Å². The minimum absolute atomic E-state index is 0.280. The predicted octanol–water partition coefficient (Wildman–Crippen LogP) is 2.86. The van der Waals surface area contributed by atoms with Crippen molar-refractivity contribution in [3.8, 4) is 5.75 Å². The molecule has 30 heavy (non-hydrogen) atoms. The van der Waals surface area contributed by atoms with Crippen LogP contribution in [-0.4, -0.2) is 41.2 Å². The van der Waals surface area contributed by atoms with E-state index >= 15 is 0 Å². The number of halogens is 1. The third-order valence-electron chi connectivity index (χ3n) is 3.49. The van der Waals surface area contributed by atoms with Crippen LogP contribution in [0.5, 0.6) is 5.75 Å². The van der Waals surface area contributed by atoms with Crippen LogP contribution < -0.4 is 10.5 Å². The van der Waals surface area contributed by atoms with Gasteiger partial charge in [0.1, 0.15) is 19.0 Å². The highest BCUT2D eigenvalue weighted by Gasteiger charge is 2.24. The van der Waals surface area contributed by atoms with E-state index < -0.39 is 51.6 Å². The number of esters is 1. The van der Waals surface area contributed by atoms with Gasteiger partial charge in [0, 0.05) is 17.2 Å². The molecule has 1 atom stereocenters. The van der Waals surface area contributed by atoms with Gasteiger partial charge in [-0.15, -0.1) is 0 Å². The Morgan fingerprint density at radius 2 is 1.57 bits per heavy atom. The van der Waals surface area contributed by atoms with Crippen molar-refractivity contribution in [3.63, 3.8) is 0 Å². The zero-order valence-electron chi connectivity index (χ0n) is 15.1. The third kappa shape index (κ3) is 6.60. The number of nitro groups is 2. The fourth-order valence-corrected chi connectivity index (χ4v) is 2.28. The second-order valence-electron chi connectivity index (χ2n) is 5.67. The van der Waals surface area contributed by atoms with Crippen molar-refractivity contribution in [3.05, 3.63) is 73.3 Å². The van der Waals surface area contributed by atoms with Crippen LogP contribution in [0.4, 0.5) is 16.2 Å². The van der Waals surface area contributed by atoms with Crippen LogP contribution >= 0.6 is 11.6 Å². The fraction of sp³-hybridized carbons (Fsp3) is 0.176. The average Bonchev–Trinajstić information content (AvgIpc) is 2.70. The Labute approximate surface area is 173 Å². The Kier molecular flexibility index (Phi) is 7.47. The lowest BCUT2D eigenvalue weighted by Crippen LogP contribution is -2.32. The minimum Gasteiger partial charge on any atom is -0.490 e. The number of primary amides is 1. The zero-order valence-corrected chi connectivity index (χ0v) is 15.8. The maximum absolute atomic E-state index is 12.4. The molecule has 0 unspecified atom stereocenters. The standard InChI is InChI=1S/C17H14ClN3O9/c18-11-1-3-14(4-2-11)28-8-15(9-29-17(19)23)30-16(22)10-5-12(20(24)25)7-13(6-10)21(26)27/h1-7,15H,8-9H2,(H2,19,23)/t15-/m1/s1. The fourth-order valence-electron chi connectivity index (χ4n) is 2.15. The molecule has 0 saturated heterocycles. The molecule has 0 aliphatic heterocycles. The molecule has 13 heteroatoms. The summed E-state index contributed by atoms with van der Waals surface area (Å²) in [6.45, 7) is -0.761. The number of ether oxygens (including phenoxy) is 3. The van der Waals surface area contributed by atoms with Crippen molar-refractivity contribution in [2.75, 3.05) is 13.2 Å². The first-order valence-corrected chi connectivity index (χ1v) is 8.49. The molecule has 0 heterocycles. The van der Waals surface area contributed by atoms with Crippen LogP contribution in [0.3, 0.4) is 0 Å². The molecule has 0 aromatic heterocycles. The molecule has 0 radical (unpaired) electrons. The van der Waals surface area contributed by atoms with Crippen LogP contribution in [-0.2, 0) is 9.47 Å². The summed E-state index contributed by atoms with van der Waals surface area (Å²) in [5.74, 6) is -0.759. The van der Waals surface area contributed by atoms with Gasteiger partial charge >= 0.3 is 12.1 Å². The molecule has 158 valence electrons. The minimum atomic E-state index is -1.17. The summed E-state index contributed by atoms with van der Waals surface area (Å²) in [6.07, 6.45) is -2.30.